The van der Waals surface area contributed by atoms with Crippen LogP contribution in [0.4, 0.5) is 5.69 Å². The van der Waals surface area contributed by atoms with Crippen molar-refractivity contribution in [1.82, 2.24) is 14.5 Å². The van der Waals surface area contributed by atoms with E-state index in [2.05, 4.69) is 16.1 Å². The number of benzene rings is 2. The van der Waals surface area contributed by atoms with Crippen LogP contribution in [0.3, 0.4) is 0 Å². The minimum atomic E-state index is -1.08. The lowest BCUT2D eigenvalue weighted by atomic mass is 10.1. The molecule has 0 radical (unpaired) electrons. The number of nitriles is 1. The highest BCUT2D eigenvalue weighted by Gasteiger charge is 2.45. The number of nitrogens with zero attached hydrogens (tertiary/aromatic N) is 5. The lowest BCUT2D eigenvalue weighted by molar-refractivity contribution is -0.189. The third kappa shape index (κ3) is 5.34. The first-order valence-corrected chi connectivity index (χ1v) is 12.2. The molecular weight excluding hydrogens is 489 g/mol. The van der Waals surface area contributed by atoms with Crippen molar-refractivity contribution in [2.75, 3.05) is 44.3 Å². The molecule has 0 spiro atoms. The van der Waals surface area contributed by atoms with Crippen LogP contribution in [-0.2, 0) is 21.8 Å². The van der Waals surface area contributed by atoms with Gasteiger partial charge in [-0.3, -0.25) is 0 Å². The Bertz CT molecular complexity index is 1180. The molecule has 8 nitrogen and oxygen atoms in total. The van der Waals surface area contributed by atoms with E-state index in [1.807, 2.05) is 41.1 Å². The van der Waals surface area contributed by atoms with Gasteiger partial charge in [0, 0.05) is 54.8 Å². The molecule has 2 aliphatic rings. The lowest BCUT2D eigenvalue weighted by Crippen LogP contribution is -2.44. The van der Waals surface area contributed by atoms with Crippen molar-refractivity contribution in [2.24, 2.45) is 0 Å². The summed E-state index contributed by atoms with van der Waals surface area (Å²) in [5.41, 5.74) is 1.83. The van der Waals surface area contributed by atoms with Crippen molar-refractivity contribution in [3.05, 3.63) is 76.8 Å². The molecule has 1 aromatic heterocycles. The Kier molecular flexibility index (Phi) is 7.02. The Labute approximate surface area is 214 Å². The summed E-state index contributed by atoms with van der Waals surface area (Å²) in [6.45, 7) is 4.21. The lowest BCUT2D eigenvalue weighted by Gasteiger charge is -2.33. The number of rotatable bonds is 7. The van der Waals surface area contributed by atoms with E-state index in [4.69, 9.17) is 42.7 Å². The standard InChI is InChI=1S/C25H25Cl2N5O3/c26-19-1-6-23(24(27)13-19)25(16-31-8-7-29-18-31)34-15-22(35-25)14-33-21-4-2-20(3-5-21)32-11-9-30(17-28)10-12-32/h1-8,13,18,22H,9-12,14-16H2/t22-,25-/m1/s1. The number of aromatic nitrogens is 2. The number of ether oxygens (including phenoxy) is 3. The van der Waals surface area contributed by atoms with Crippen molar-refractivity contribution < 1.29 is 14.2 Å². The number of hydrogen-bond donors (Lipinski definition) is 0. The molecule has 0 N–H and O–H groups in total. The van der Waals surface area contributed by atoms with Gasteiger partial charge in [0.2, 0.25) is 5.79 Å². The highest BCUT2D eigenvalue weighted by atomic mass is 35.5. The molecule has 0 unspecified atom stereocenters. The average Bonchev–Trinajstić information content (AvgIpc) is 3.54. The van der Waals surface area contributed by atoms with Gasteiger partial charge in [-0.25, -0.2) is 4.98 Å². The summed E-state index contributed by atoms with van der Waals surface area (Å²) in [6, 6.07) is 13.3. The monoisotopic (exact) mass is 513 g/mol. The normalized spacial score (nSPS) is 22.3. The molecule has 0 aliphatic carbocycles. The molecule has 0 bridgehead atoms. The van der Waals surface area contributed by atoms with E-state index in [1.165, 1.54) is 0 Å². The zero-order valence-corrected chi connectivity index (χ0v) is 20.5. The summed E-state index contributed by atoms with van der Waals surface area (Å²) in [6.07, 6.45) is 7.19. The van der Waals surface area contributed by atoms with Crippen LogP contribution in [0.25, 0.3) is 0 Å². The number of hydrogen-bond acceptors (Lipinski definition) is 7. The summed E-state index contributed by atoms with van der Waals surface area (Å²) >= 11 is 12.6. The van der Waals surface area contributed by atoms with Gasteiger partial charge in [-0.1, -0.05) is 29.3 Å². The maximum atomic E-state index is 9.02. The van der Waals surface area contributed by atoms with E-state index in [1.54, 1.807) is 29.6 Å². The van der Waals surface area contributed by atoms with E-state index in [0.717, 1.165) is 37.6 Å². The van der Waals surface area contributed by atoms with Gasteiger partial charge in [-0.15, -0.1) is 0 Å². The highest BCUT2D eigenvalue weighted by molar-refractivity contribution is 6.35. The van der Waals surface area contributed by atoms with Crippen molar-refractivity contribution in [3.8, 4) is 11.9 Å². The molecule has 2 fully saturated rings. The molecule has 3 heterocycles. The Morgan fingerprint density at radius 1 is 1.11 bits per heavy atom. The van der Waals surface area contributed by atoms with E-state index in [9.17, 15) is 0 Å². The minimum absolute atomic E-state index is 0.288. The van der Waals surface area contributed by atoms with Gasteiger partial charge in [0.15, 0.2) is 6.19 Å². The maximum absolute atomic E-state index is 9.02. The topological polar surface area (TPSA) is 75.8 Å². The smallest absolute Gasteiger partial charge is 0.215 e. The van der Waals surface area contributed by atoms with Crippen LogP contribution in [0.1, 0.15) is 5.56 Å². The second-order valence-electron chi connectivity index (χ2n) is 8.54. The van der Waals surface area contributed by atoms with Gasteiger partial charge in [0.25, 0.3) is 0 Å². The van der Waals surface area contributed by atoms with Crippen LogP contribution in [0.15, 0.2) is 61.2 Å². The Morgan fingerprint density at radius 2 is 1.91 bits per heavy atom. The van der Waals surface area contributed by atoms with E-state index >= 15 is 0 Å². The quantitative estimate of drug-likeness (QED) is 0.439. The summed E-state index contributed by atoms with van der Waals surface area (Å²) < 4.78 is 20.6. The van der Waals surface area contributed by atoms with Gasteiger partial charge in [-0.05, 0) is 36.4 Å². The van der Waals surface area contributed by atoms with Crippen molar-refractivity contribution in [1.29, 1.82) is 5.26 Å². The van der Waals surface area contributed by atoms with Crippen LogP contribution >= 0.6 is 23.2 Å². The van der Waals surface area contributed by atoms with E-state index < -0.39 is 5.79 Å². The third-order valence-corrected chi connectivity index (χ3v) is 6.76. The Balaban J connectivity index is 1.23. The predicted octanol–water partition coefficient (Wildman–Crippen LogP) is 4.14. The van der Waals surface area contributed by atoms with E-state index in [0.29, 0.717) is 35.4 Å². The molecule has 0 amide bonds. The molecule has 2 aliphatic heterocycles. The number of piperazine rings is 1. The number of anilines is 1. The maximum Gasteiger partial charge on any atom is 0.215 e. The average molecular weight is 514 g/mol. The molecule has 2 atom stereocenters. The van der Waals surface area contributed by atoms with Crippen molar-refractivity contribution >= 4 is 28.9 Å². The zero-order chi connectivity index (χ0) is 24.3. The minimum Gasteiger partial charge on any atom is -0.491 e. The molecule has 10 heteroatoms. The van der Waals surface area contributed by atoms with Gasteiger partial charge in [-0.2, -0.15) is 5.26 Å². The third-order valence-electron chi connectivity index (χ3n) is 6.21. The Morgan fingerprint density at radius 3 is 2.60 bits per heavy atom. The zero-order valence-electron chi connectivity index (χ0n) is 19.0. The molecule has 0 saturated carbocycles. The number of halogens is 2. The summed E-state index contributed by atoms with van der Waals surface area (Å²) in [5.74, 6) is -0.323. The largest absolute Gasteiger partial charge is 0.491 e. The summed E-state index contributed by atoms with van der Waals surface area (Å²) in [5, 5.41) is 10.0. The van der Waals surface area contributed by atoms with Gasteiger partial charge in [0.1, 0.15) is 18.5 Å². The molecule has 35 heavy (non-hydrogen) atoms. The predicted molar refractivity (Wildman–Crippen MR) is 133 cm³/mol. The van der Waals surface area contributed by atoms with Crippen LogP contribution in [0.2, 0.25) is 10.0 Å². The molecule has 2 aromatic carbocycles. The first kappa shape index (κ1) is 23.8. The van der Waals surface area contributed by atoms with Crippen molar-refractivity contribution in [2.45, 2.75) is 18.4 Å². The fourth-order valence-corrected chi connectivity index (χ4v) is 4.93. The summed E-state index contributed by atoms with van der Waals surface area (Å²) in [7, 11) is 0. The summed E-state index contributed by atoms with van der Waals surface area (Å²) in [4.78, 5) is 8.17. The second kappa shape index (κ2) is 10.3. The fraction of sp³-hybridized carbons (Fsp3) is 0.360. The fourth-order valence-electron chi connectivity index (χ4n) is 4.38. The van der Waals surface area contributed by atoms with Crippen LogP contribution in [0, 0.1) is 11.5 Å². The first-order valence-electron chi connectivity index (χ1n) is 11.4. The second-order valence-corrected chi connectivity index (χ2v) is 9.39. The van der Waals surface area contributed by atoms with Gasteiger partial charge < -0.3 is 28.6 Å². The molecule has 2 saturated heterocycles. The molecule has 3 aromatic rings. The van der Waals surface area contributed by atoms with Crippen LogP contribution in [0.5, 0.6) is 5.75 Å². The van der Waals surface area contributed by atoms with Gasteiger partial charge >= 0.3 is 0 Å². The highest BCUT2D eigenvalue weighted by Crippen LogP contribution is 2.40. The first-order chi connectivity index (χ1) is 17.0. The molecular formula is C25H25Cl2N5O3. The molecule has 5 rings (SSSR count). The SMILES string of the molecule is N#CN1CCN(c2ccc(OC[C@@H]3CO[C@@](Cn4ccnc4)(c4ccc(Cl)cc4Cl)O3)cc2)CC1. The Hall–Kier alpha value is -2.96. The van der Waals surface area contributed by atoms with Crippen LogP contribution in [-0.4, -0.2) is 59.9 Å². The van der Waals surface area contributed by atoms with Crippen LogP contribution < -0.4 is 9.64 Å². The van der Waals surface area contributed by atoms with E-state index in [-0.39, 0.29) is 6.10 Å². The van der Waals surface area contributed by atoms with Gasteiger partial charge in [0.05, 0.1) is 24.5 Å². The number of imidazole rings is 1. The molecule has 182 valence electrons. The van der Waals surface area contributed by atoms with Crippen molar-refractivity contribution in [3.63, 3.8) is 0 Å².